The Bertz CT molecular complexity index is 734. The summed E-state index contributed by atoms with van der Waals surface area (Å²) >= 11 is 0. The second-order valence-electron chi connectivity index (χ2n) is 6.36. The molecule has 1 heterocycles. The third-order valence-electron chi connectivity index (χ3n) is 4.52. The van der Waals surface area contributed by atoms with Crippen molar-refractivity contribution >= 4 is 6.29 Å². The van der Waals surface area contributed by atoms with Crippen molar-refractivity contribution in [3.8, 4) is 5.75 Å². The number of hydrogen-bond acceptors (Lipinski definition) is 3. The predicted molar refractivity (Wildman–Crippen MR) is 96.4 cm³/mol. The predicted octanol–water partition coefficient (Wildman–Crippen LogP) is 3.40. The number of nitrogens with zero attached hydrogens (tertiary/aromatic N) is 1. The van der Waals surface area contributed by atoms with Crippen molar-refractivity contribution in [3.05, 3.63) is 76.9 Å². The van der Waals surface area contributed by atoms with Gasteiger partial charge in [0.2, 0.25) is 0 Å². The summed E-state index contributed by atoms with van der Waals surface area (Å²) in [5.74, 6) is 0.890. The van der Waals surface area contributed by atoms with Gasteiger partial charge in [0.05, 0.1) is 7.11 Å². The number of fused-ring (bicyclic) bond motifs is 1. The molecule has 0 radical (unpaired) electrons. The lowest BCUT2D eigenvalue weighted by molar-refractivity contribution is -0.105. The Morgan fingerprint density at radius 2 is 1.92 bits per heavy atom. The van der Waals surface area contributed by atoms with Gasteiger partial charge in [-0.05, 0) is 52.8 Å². The molecule has 3 heteroatoms. The minimum Gasteiger partial charge on any atom is -0.497 e. The molecule has 0 unspecified atom stereocenters. The Labute approximate surface area is 143 Å². The molecule has 0 bridgehead atoms. The van der Waals surface area contributed by atoms with Crippen LogP contribution >= 0.6 is 0 Å². The van der Waals surface area contributed by atoms with Crippen molar-refractivity contribution in [2.75, 3.05) is 20.2 Å². The average molecular weight is 321 g/mol. The SMILES string of the molecule is C=C(C=O)CN1CCc2cc(Cc3ccc(OC)cc3)ccc2C1. The second-order valence-corrected chi connectivity index (χ2v) is 6.36. The molecular formula is C21H23NO2. The van der Waals surface area contributed by atoms with Crippen LogP contribution in [0, 0.1) is 0 Å². The molecule has 0 aromatic heterocycles. The normalized spacial score (nSPS) is 14.0. The van der Waals surface area contributed by atoms with Crippen molar-refractivity contribution in [2.24, 2.45) is 0 Å². The summed E-state index contributed by atoms with van der Waals surface area (Å²) in [6.45, 7) is 6.31. The lowest BCUT2D eigenvalue weighted by Crippen LogP contribution is -2.32. The maximum Gasteiger partial charge on any atom is 0.146 e. The van der Waals surface area contributed by atoms with Crippen molar-refractivity contribution in [1.29, 1.82) is 0 Å². The second kappa shape index (κ2) is 7.45. The molecular weight excluding hydrogens is 298 g/mol. The highest BCUT2D eigenvalue weighted by Crippen LogP contribution is 2.22. The number of rotatable bonds is 6. The van der Waals surface area contributed by atoms with Gasteiger partial charge >= 0.3 is 0 Å². The fourth-order valence-electron chi connectivity index (χ4n) is 3.21. The van der Waals surface area contributed by atoms with E-state index in [1.54, 1.807) is 7.11 Å². The van der Waals surface area contributed by atoms with Gasteiger partial charge < -0.3 is 4.74 Å². The Morgan fingerprint density at radius 1 is 1.17 bits per heavy atom. The number of methoxy groups -OCH3 is 1. The van der Waals surface area contributed by atoms with E-state index in [4.69, 9.17) is 4.74 Å². The molecule has 0 N–H and O–H groups in total. The summed E-state index contributed by atoms with van der Waals surface area (Å²) in [4.78, 5) is 13.0. The third kappa shape index (κ3) is 3.92. The van der Waals surface area contributed by atoms with Crippen LogP contribution in [-0.2, 0) is 24.2 Å². The molecule has 0 saturated heterocycles. The summed E-state index contributed by atoms with van der Waals surface area (Å²) in [6.07, 6.45) is 2.81. The monoisotopic (exact) mass is 321 g/mol. The first kappa shape index (κ1) is 16.5. The van der Waals surface area contributed by atoms with E-state index >= 15 is 0 Å². The van der Waals surface area contributed by atoms with Gasteiger partial charge in [0.25, 0.3) is 0 Å². The van der Waals surface area contributed by atoms with E-state index in [9.17, 15) is 4.79 Å². The maximum absolute atomic E-state index is 10.7. The maximum atomic E-state index is 10.7. The van der Waals surface area contributed by atoms with Gasteiger partial charge in [-0.25, -0.2) is 0 Å². The summed E-state index contributed by atoms with van der Waals surface area (Å²) in [6, 6.07) is 15.0. The molecule has 3 nitrogen and oxygen atoms in total. The number of benzene rings is 2. The molecule has 0 atom stereocenters. The zero-order chi connectivity index (χ0) is 16.9. The van der Waals surface area contributed by atoms with Gasteiger partial charge in [-0.1, -0.05) is 36.9 Å². The molecule has 1 aliphatic heterocycles. The van der Waals surface area contributed by atoms with Crippen molar-refractivity contribution in [2.45, 2.75) is 19.4 Å². The first-order valence-corrected chi connectivity index (χ1v) is 8.27. The van der Waals surface area contributed by atoms with Crippen LogP contribution in [0.5, 0.6) is 5.75 Å². The molecule has 0 fully saturated rings. The van der Waals surface area contributed by atoms with Crippen LogP contribution in [0.3, 0.4) is 0 Å². The third-order valence-corrected chi connectivity index (χ3v) is 4.52. The van der Waals surface area contributed by atoms with Crippen molar-refractivity contribution in [3.63, 3.8) is 0 Å². The van der Waals surface area contributed by atoms with E-state index in [2.05, 4.69) is 41.8 Å². The smallest absolute Gasteiger partial charge is 0.146 e. The standard InChI is InChI=1S/C21H23NO2/c1-16(15-23)13-22-10-9-19-12-18(3-6-20(19)14-22)11-17-4-7-21(24-2)8-5-17/h3-8,12,15H,1,9-11,13-14H2,2H3. The lowest BCUT2D eigenvalue weighted by Gasteiger charge is -2.29. The van der Waals surface area contributed by atoms with Gasteiger partial charge in [0.1, 0.15) is 12.0 Å². The lowest BCUT2D eigenvalue weighted by atomic mass is 9.94. The van der Waals surface area contributed by atoms with Crippen molar-refractivity contribution < 1.29 is 9.53 Å². The van der Waals surface area contributed by atoms with Crippen LogP contribution in [0.4, 0.5) is 0 Å². The number of hydrogen-bond donors (Lipinski definition) is 0. The summed E-state index contributed by atoms with van der Waals surface area (Å²) in [5.41, 5.74) is 6.06. The molecule has 0 amide bonds. The van der Waals surface area contributed by atoms with Crippen molar-refractivity contribution in [1.82, 2.24) is 4.90 Å². The Hall–Kier alpha value is -2.39. The van der Waals surface area contributed by atoms with Gasteiger partial charge in [0, 0.05) is 19.6 Å². The van der Waals surface area contributed by atoms with Crippen LogP contribution in [0.15, 0.2) is 54.6 Å². The molecule has 3 rings (SSSR count). The molecule has 2 aromatic carbocycles. The van der Waals surface area contributed by atoms with Crippen LogP contribution in [0.2, 0.25) is 0 Å². The van der Waals surface area contributed by atoms with E-state index in [1.165, 1.54) is 22.3 Å². The van der Waals surface area contributed by atoms with E-state index in [0.29, 0.717) is 12.1 Å². The largest absolute Gasteiger partial charge is 0.497 e. The zero-order valence-corrected chi connectivity index (χ0v) is 14.1. The van der Waals surface area contributed by atoms with Gasteiger partial charge in [-0.15, -0.1) is 0 Å². The first-order chi connectivity index (χ1) is 11.7. The average Bonchev–Trinajstić information content (AvgIpc) is 2.62. The molecule has 0 saturated carbocycles. The van der Waals surface area contributed by atoms with Gasteiger partial charge in [-0.2, -0.15) is 0 Å². The Kier molecular flexibility index (Phi) is 5.11. The van der Waals surface area contributed by atoms with Crippen LogP contribution in [0.1, 0.15) is 22.3 Å². The van der Waals surface area contributed by atoms with E-state index in [1.807, 2.05) is 12.1 Å². The van der Waals surface area contributed by atoms with E-state index < -0.39 is 0 Å². The van der Waals surface area contributed by atoms with Crippen LogP contribution < -0.4 is 4.74 Å². The van der Waals surface area contributed by atoms with Crippen LogP contribution in [-0.4, -0.2) is 31.4 Å². The number of ether oxygens (including phenoxy) is 1. The summed E-state index contributed by atoms with van der Waals surface area (Å²) < 4.78 is 5.21. The Morgan fingerprint density at radius 3 is 2.62 bits per heavy atom. The molecule has 24 heavy (non-hydrogen) atoms. The number of aldehydes is 1. The topological polar surface area (TPSA) is 29.5 Å². The summed E-state index contributed by atoms with van der Waals surface area (Å²) in [7, 11) is 1.69. The van der Waals surface area contributed by atoms with Gasteiger partial charge in [0.15, 0.2) is 0 Å². The summed E-state index contributed by atoms with van der Waals surface area (Å²) in [5, 5.41) is 0. The number of carbonyl (C=O) groups is 1. The zero-order valence-electron chi connectivity index (χ0n) is 14.1. The quantitative estimate of drug-likeness (QED) is 0.603. The fourth-order valence-corrected chi connectivity index (χ4v) is 3.21. The molecule has 0 aliphatic carbocycles. The molecule has 2 aromatic rings. The fraction of sp³-hybridized carbons (Fsp3) is 0.286. The Balaban J connectivity index is 1.68. The highest BCUT2D eigenvalue weighted by atomic mass is 16.5. The highest BCUT2D eigenvalue weighted by Gasteiger charge is 2.17. The minimum atomic E-state index is 0.648. The number of carbonyl (C=O) groups excluding carboxylic acids is 1. The van der Waals surface area contributed by atoms with E-state index in [-0.39, 0.29) is 0 Å². The minimum absolute atomic E-state index is 0.648. The molecule has 1 aliphatic rings. The molecule has 0 spiro atoms. The van der Waals surface area contributed by atoms with Crippen LogP contribution in [0.25, 0.3) is 0 Å². The first-order valence-electron chi connectivity index (χ1n) is 8.27. The highest BCUT2D eigenvalue weighted by molar-refractivity contribution is 5.72. The van der Waals surface area contributed by atoms with Gasteiger partial charge in [-0.3, -0.25) is 9.69 Å². The molecule has 124 valence electrons. The van der Waals surface area contributed by atoms with E-state index in [0.717, 1.165) is 38.0 Å².